The van der Waals surface area contributed by atoms with Crippen LogP contribution in [-0.2, 0) is 15.3 Å². The summed E-state index contributed by atoms with van der Waals surface area (Å²) in [5.74, 6) is 0.0894. The number of hydrogen-bond acceptors (Lipinski definition) is 4. The molecule has 3 atom stereocenters. The van der Waals surface area contributed by atoms with Gasteiger partial charge in [0.15, 0.2) is 0 Å². The highest BCUT2D eigenvalue weighted by Gasteiger charge is 2.62. The molecule has 1 heterocycles. The second kappa shape index (κ2) is 4.96. The molecule has 1 aliphatic carbocycles. The van der Waals surface area contributed by atoms with E-state index in [1.54, 1.807) is 18.5 Å². The minimum absolute atomic E-state index is 0.0894. The third kappa shape index (κ3) is 2.28. The molecular formula is C13H19N2O2P. The summed E-state index contributed by atoms with van der Waals surface area (Å²) in [6.07, 6.45) is 6.20. The molecule has 1 aliphatic rings. The first-order valence-electron chi connectivity index (χ1n) is 6.10. The Bertz CT molecular complexity index is 477. The Morgan fingerprint density at radius 1 is 1.78 bits per heavy atom. The van der Waals surface area contributed by atoms with Gasteiger partial charge in [-0.15, -0.1) is 6.58 Å². The average Bonchev–Trinajstić information content (AvgIpc) is 3.04. The highest BCUT2D eigenvalue weighted by atomic mass is 31.2. The van der Waals surface area contributed by atoms with E-state index in [2.05, 4.69) is 11.6 Å². The number of aromatic nitrogens is 1. The van der Waals surface area contributed by atoms with Crippen molar-refractivity contribution in [3.05, 3.63) is 42.7 Å². The summed E-state index contributed by atoms with van der Waals surface area (Å²) in [5, 5.41) is -0.736. The van der Waals surface area contributed by atoms with Crippen LogP contribution < -0.4 is 5.73 Å². The SMILES string of the molecule is C=C[C@@H]1C[C@]1(N)[P@](=O)(Cc1cccnc1)OCC. The van der Waals surface area contributed by atoms with Crippen LogP contribution in [0.2, 0.25) is 0 Å². The van der Waals surface area contributed by atoms with Crippen LogP contribution in [0.25, 0.3) is 0 Å². The predicted molar refractivity (Wildman–Crippen MR) is 72.4 cm³/mol. The summed E-state index contributed by atoms with van der Waals surface area (Å²) in [5.41, 5.74) is 7.13. The third-order valence-electron chi connectivity index (χ3n) is 3.40. The Kier molecular flexibility index (Phi) is 3.71. The molecule has 0 bridgehead atoms. The van der Waals surface area contributed by atoms with E-state index in [0.717, 1.165) is 5.56 Å². The molecule has 1 aromatic rings. The summed E-state index contributed by atoms with van der Waals surface area (Å²) in [7, 11) is -2.92. The number of rotatable bonds is 6. The molecule has 4 nitrogen and oxygen atoms in total. The van der Waals surface area contributed by atoms with Gasteiger partial charge in [0, 0.05) is 18.3 Å². The highest BCUT2D eigenvalue weighted by molar-refractivity contribution is 7.60. The van der Waals surface area contributed by atoms with Crippen molar-refractivity contribution in [2.24, 2.45) is 11.7 Å². The van der Waals surface area contributed by atoms with Crippen molar-refractivity contribution in [1.82, 2.24) is 4.98 Å². The monoisotopic (exact) mass is 266 g/mol. The first kappa shape index (κ1) is 13.5. The van der Waals surface area contributed by atoms with Crippen LogP contribution in [0.4, 0.5) is 0 Å². The zero-order chi connectivity index (χ0) is 13.2. The first-order chi connectivity index (χ1) is 8.55. The van der Waals surface area contributed by atoms with E-state index in [0.29, 0.717) is 19.2 Å². The minimum atomic E-state index is -2.92. The van der Waals surface area contributed by atoms with Gasteiger partial charge in [0.2, 0.25) is 7.37 Å². The number of pyridine rings is 1. The predicted octanol–water partition coefficient (Wildman–Crippen LogP) is 2.76. The number of hydrogen-bond donors (Lipinski definition) is 1. The van der Waals surface area contributed by atoms with Gasteiger partial charge in [0.05, 0.1) is 12.8 Å². The molecule has 0 spiro atoms. The van der Waals surface area contributed by atoms with E-state index >= 15 is 0 Å². The molecule has 2 rings (SSSR count). The summed E-state index contributed by atoms with van der Waals surface area (Å²) in [6, 6.07) is 3.72. The molecule has 0 amide bonds. The fourth-order valence-corrected chi connectivity index (χ4v) is 5.02. The van der Waals surface area contributed by atoms with Crippen LogP contribution in [0, 0.1) is 5.92 Å². The van der Waals surface area contributed by atoms with Crippen LogP contribution in [0.5, 0.6) is 0 Å². The lowest BCUT2D eigenvalue weighted by Gasteiger charge is -2.24. The standard InChI is InChI=1S/C13H19N2O2P/c1-3-12-8-13(12,14)18(16,17-4-2)10-11-6-5-7-15-9-11/h3,5-7,9,12H,1,4,8,10,14H2,2H3/t12-,13+,18+/m1/s1. The fourth-order valence-electron chi connectivity index (χ4n) is 2.23. The third-order valence-corrected chi connectivity index (χ3v) is 6.64. The summed E-state index contributed by atoms with van der Waals surface area (Å²) < 4.78 is 18.6. The van der Waals surface area contributed by atoms with E-state index in [-0.39, 0.29) is 5.92 Å². The molecule has 18 heavy (non-hydrogen) atoms. The highest BCUT2D eigenvalue weighted by Crippen LogP contribution is 2.72. The lowest BCUT2D eigenvalue weighted by Crippen LogP contribution is -2.27. The van der Waals surface area contributed by atoms with Gasteiger partial charge in [-0.25, -0.2) is 0 Å². The molecule has 0 aromatic carbocycles. The van der Waals surface area contributed by atoms with Crippen molar-refractivity contribution in [1.29, 1.82) is 0 Å². The second-order valence-corrected chi connectivity index (χ2v) is 7.40. The molecule has 0 saturated heterocycles. The molecule has 5 heteroatoms. The van der Waals surface area contributed by atoms with Crippen LogP contribution in [-0.4, -0.2) is 16.9 Å². The minimum Gasteiger partial charge on any atom is -0.327 e. The Balaban J connectivity index is 2.23. The normalized spacial score (nSPS) is 29.6. The van der Waals surface area contributed by atoms with Crippen LogP contribution >= 0.6 is 7.37 Å². The second-order valence-electron chi connectivity index (χ2n) is 4.65. The van der Waals surface area contributed by atoms with E-state index < -0.39 is 12.6 Å². The topological polar surface area (TPSA) is 65.2 Å². The maximum absolute atomic E-state index is 13.0. The molecular weight excluding hydrogens is 247 g/mol. The van der Waals surface area contributed by atoms with Gasteiger partial charge in [-0.3, -0.25) is 9.55 Å². The van der Waals surface area contributed by atoms with Gasteiger partial charge in [-0.1, -0.05) is 12.1 Å². The Hall–Kier alpha value is -0.960. The average molecular weight is 266 g/mol. The lowest BCUT2D eigenvalue weighted by atomic mass is 10.3. The van der Waals surface area contributed by atoms with Crippen molar-refractivity contribution in [3.8, 4) is 0 Å². The van der Waals surface area contributed by atoms with Crippen LogP contribution in [0.15, 0.2) is 37.2 Å². The molecule has 0 radical (unpaired) electrons. The van der Waals surface area contributed by atoms with Gasteiger partial charge < -0.3 is 10.3 Å². The molecule has 1 aromatic heterocycles. The van der Waals surface area contributed by atoms with E-state index in [1.807, 2.05) is 19.1 Å². The summed E-state index contributed by atoms with van der Waals surface area (Å²) in [4.78, 5) is 4.03. The van der Waals surface area contributed by atoms with Crippen LogP contribution in [0.3, 0.4) is 0 Å². The van der Waals surface area contributed by atoms with Crippen molar-refractivity contribution in [2.75, 3.05) is 6.61 Å². The molecule has 98 valence electrons. The summed E-state index contributed by atoms with van der Waals surface area (Å²) in [6.45, 7) is 5.97. The zero-order valence-corrected chi connectivity index (χ0v) is 11.5. The zero-order valence-electron chi connectivity index (χ0n) is 10.6. The van der Waals surface area contributed by atoms with Crippen LogP contribution in [0.1, 0.15) is 18.9 Å². The van der Waals surface area contributed by atoms with Gasteiger partial charge in [0.25, 0.3) is 0 Å². The van der Waals surface area contributed by atoms with E-state index in [4.69, 9.17) is 10.3 Å². The van der Waals surface area contributed by atoms with Crippen molar-refractivity contribution >= 4 is 7.37 Å². The fraction of sp³-hybridized carbons (Fsp3) is 0.462. The van der Waals surface area contributed by atoms with Gasteiger partial charge >= 0.3 is 0 Å². The van der Waals surface area contributed by atoms with Crippen molar-refractivity contribution < 1.29 is 9.09 Å². The smallest absolute Gasteiger partial charge is 0.227 e. The van der Waals surface area contributed by atoms with Gasteiger partial charge in [-0.05, 0) is 25.0 Å². The molecule has 1 saturated carbocycles. The Morgan fingerprint density at radius 3 is 3.06 bits per heavy atom. The van der Waals surface area contributed by atoms with Crippen molar-refractivity contribution in [3.63, 3.8) is 0 Å². The summed E-state index contributed by atoms with van der Waals surface area (Å²) >= 11 is 0. The van der Waals surface area contributed by atoms with Crippen molar-refractivity contribution in [2.45, 2.75) is 24.8 Å². The number of nitrogens with two attached hydrogens (primary N) is 1. The largest absolute Gasteiger partial charge is 0.327 e. The molecule has 2 N–H and O–H groups in total. The van der Waals surface area contributed by atoms with E-state index in [9.17, 15) is 4.57 Å². The Labute approximate surface area is 108 Å². The molecule has 0 unspecified atom stereocenters. The van der Waals surface area contributed by atoms with Gasteiger partial charge in [-0.2, -0.15) is 0 Å². The molecule has 1 fully saturated rings. The Morgan fingerprint density at radius 2 is 2.56 bits per heavy atom. The van der Waals surface area contributed by atoms with Gasteiger partial charge in [0.1, 0.15) is 5.28 Å². The number of nitrogens with zero attached hydrogens (tertiary/aromatic N) is 1. The lowest BCUT2D eigenvalue weighted by molar-refractivity contribution is 0.321. The quantitative estimate of drug-likeness (QED) is 0.635. The molecule has 0 aliphatic heterocycles. The first-order valence-corrected chi connectivity index (χ1v) is 7.91. The maximum atomic E-state index is 13.0. The maximum Gasteiger partial charge on any atom is 0.227 e. The van der Waals surface area contributed by atoms with E-state index in [1.165, 1.54) is 0 Å².